The van der Waals surface area contributed by atoms with Gasteiger partial charge in [0.15, 0.2) is 6.61 Å². The van der Waals surface area contributed by atoms with Crippen molar-refractivity contribution in [1.29, 1.82) is 0 Å². The molecule has 1 aliphatic heterocycles. The van der Waals surface area contributed by atoms with Crippen molar-refractivity contribution in [3.63, 3.8) is 0 Å². The van der Waals surface area contributed by atoms with Crippen LogP contribution >= 0.6 is 0 Å². The molecule has 1 saturated heterocycles. The van der Waals surface area contributed by atoms with E-state index in [4.69, 9.17) is 9.47 Å². The molecule has 2 N–H and O–H groups in total. The summed E-state index contributed by atoms with van der Waals surface area (Å²) in [6, 6.07) is 7.64. The number of hydrogen-bond acceptors (Lipinski definition) is 4. The van der Waals surface area contributed by atoms with Crippen molar-refractivity contribution in [2.24, 2.45) is 11.8 Å². The van der Waals surface area contributed by atoms with E-state index in [1.165, 1.54) is 0 Å². The number of rotatable bonds is 8. The lowest BCUT2D eigenvalue weighted by Gasteiger charge is -2.27. The standard InChI is InChI=1S/C19H27NO5/c1-13(2)15-4-3-5-16(10-15)25-12-18(21)20-11-17(19(22)23)14-6-8-24-9-7-14/h3-5,10,13-14,17H,6-9,11-12H2,1-2H3,(H,20,21)(H,22,23). The predicted molar refractivity (Wildman–Crippen MR) is 93.7 cm³/mol. The lowest BCUT2D eigenvalue weighted by molar-refractivity contribution is -0.145. The summed E-state index contributed by atoms with van der Waals surface area (Å²) in [7, 11) is 0. The van der Waals surface area contributed by atoms with Gasteiger partial charge in [0.2, 0.25) is 0 Å². The highest BCUT2D eigenvalue weighted by molar-refractivity contribution is 5.78. The summed E-state index contributed by atoms with van der Waals surface area (Å²) in [4.78, 5) is 23.5. The Morgan fingerprint density at radius 3 is 2.68 bits per heavy atom. The molecule has 0 radical (unpaired) electrons. The highest BCUT2D eigenvalue weighted by Gasteiger charge is 2.30. The number of hydrogen-bond donors (Lipinski definition) is 2. The molecule has 1 aliphatic rings. The van der Waals surface area contributed by atoms with Crippen molar-refractivity contribution >= 4 is 11.9 Å². The lowest BCUT2D eigenvalue weighted by atomic mass is 9.86. The van der Waals surface area contributed by atoms with Gasteiger partial charge in [-0.1, -0.05) is 26.0 Å². The highest BCUT2D eigenvalue weighted by Crippen LogP contribution is 2.24. The van der Waals surface area contributed by atoms with Gasteiger partial charge in [-0.3, -0.25) is 9.59 Å². The zero-order chi connectivity index (χ0) is 18.2. The molecule has 1 amide bonds. The average Bonchev–Trinajstić information content (AvgIpc) is 2.61. The van der Waals surface area contributed by atoms with Crippen LogP contribution in [0.2, 0.25) is 0 Å². The van der Waals surface area contributed by atoms with Crippen molar-refractivity contribution in [2.45, 2.75) is 32.6 Å². The number of carbonyl (C=O) groups is 2. The number of amides is 1. The fourth-order valence-corrected chi connectivity index (χ4v) is 2.96. The first-order valence-electron chi connectivity index (χ1n) is 8.77. The molecule has 0 spiro atoms. The summed E-state index contributed by atoms with van der Waals surface area (Å²) in [5.41, 5.74) is 1.14. The quantitative estimate of drug-likeness (QED) is 0.753. The van der Waals surface area contributed by atoms with Gasteiger partial charge in [0.05, 0.1) is 5.92 Å². The van der Waals surface area contributed by atoms with Crippen LogP contribution in [0.25, 0.3) is 0 Å². The van der Waals surface area contributed by atoms with E-state index in [1.54, 1.807) is 6.07 Å². The predicted octanol–water partition coefficient (Wildman–Crippen LogP) is 2.43. The molecule has 6 heteroatoms. The zero-order valence-electron chi connectivity index (χ0n) is 14.9. The molecule has 0 aromatic heterocycles. The number of benzene rings is 1. The van der Waals surface area contributed by atoms with Crippen LogP contribution in [-0.4, -0.2) is 43.3 Å². The Balaban J connectivity index is 1.80. The minimum atomic E-state index is -0.877. The number of carboxylic acid groups (broad SMARTS) is 1. The molecule has 0 aliphatic carbocycles. The normalized spacial score (nSPS) is 16.4. The van der Waals surface area contributed by atoms with Crippen LogP contribution in [0.4, 0.5) is 0 Å². The maximum atomic E-state index is 12.0. The van der Waals surface area contributed by atoms with Crippen LogP contribution in [0.5, 0.6) is 5.75 Å². The summed E-state index contributed by atoms with van der Waals surface area (Å²) < 4.78 is 10.8. The fourth-order valence-electron chi connectivity index (χ4n) is 2.96. The van der Waals surface area contributed by atoms with E-state index in [0.29, 0.717) is 37.7 Å². The maximum absolute atomic E-state index is 12.0. The molecule has 1 aromatic rings. The molecule has 2 rings (SSSR count). The van der Waals surface area contributed by atoms with E-state index in [-0.39, 0.29) is 25.0 Å². The second-order valence-electron chi connectivity index (χ2n) is 6.71. The van der Waals surface area contributed by atoms with Crippen LogP contribution in [0, 0.1) is 11.8 Å². The van der Waals surface area contributed by atoms with Gasteiger partial charge in [0.25, 0.3) is 5.91 Å². The molecule has 1 fully saturated rings. The molecule has 1 heterocycles. The van der Waals surface area contributed by atoms with E-state index in [0.717, 1.165) is 5.56 Å². The average molecular weight is 349 g/mol. The molecule has 0 bridgehead atoms. The lowest BCUT2D eigenvalue weighted by Crippen LogP contribution is -2.40. The summed E-state index contributed by atoms with van der Waals surface area (Å²) in [6.45, 7) is 5.34. The largest absolute Gasteiger partial charge is 0.484 e. The second-order valence-corrected chi connectivity index (χ2v) is 6.71. The number of carbonyl (C=O) groups excluding carboxylic acids is 1. The Hall–Kier alpha value is -2.08. The molecule has 1 atom stereocenters. The molecule has 6 nitrogen and oxygen atoms in total. The first-order valence-corrected chi connectivity index (χ1v) is 8.77. The monoisotopic (exact) mass is 349 g/mol. The van der Waals surface area contributed by atoms with Crippen LogP contribution in [0.1, 0.15) is 38.2 Å². The Kier molecular flexibility index (Phi) is 7.25. The summed E-state index contributed by atoms with van der Waals surface area (Å²) in [5.74, 6) is -0.716. The number of carboxylic acids is 1. The number of aliphatic carboxylic acids is 1. The van der Waals surface area contributed by atoms with Gasteiger partial charge in [-0.15, -0.1) is 0 Å². The van der Waals surface area contributed by atoms with Gasteiger partial charge in [-0.05, 0) is 42.4 Å². The van der Waals surface area contributed by atoms with Crippen molar-refractivity contribution in [1.82, 2.24) is 5.32 Å². The first kappa shape index (κ1) is 19.2. The maximum Gasteiger partial charge on any atom is 0.308 e. The number of nitrogens with one attached hydrogen (secondary N) is 1. The summed E-state index contributed by atoms with van der Waals surface area (Å²) in [6.07, 6.45) is 1.43. The summed E-state index contributed by atoms with van der Waals surface area (Å²) >= 11 is 0. The molecule has 1 unspecified atom stereocenters. The van der Waals surface area contributed by atoms with Crippen LogP contribution in [0.3, 0.4) is 0 Å². The minimum Gasteiger partial charge on any atom is -0.484 e. The zero-order valence-corrected chi connectivity index (χ0v) is 14.9. The Morgan fingerprint density at radius 1 is 1.32 bits per heavy atom. The minimum absolute atomic E-state index is 0.0372. The highest BCUT2D eigenvalue weighted by atomic mass is 16.5. The third-order valence-corrected chi connectivity index (χ3v) is 4.57. The van der Waals surface area contributed by atoms with Gasteiger partial charge in [-0.2, -0.15) is 0 Å². The van der Waals surface area contributed by atoms with Crippen LogP contribution < -0.4 is 10.1 Å². The smallest absolute Gasteiger partial charge is 0.308 e. The van der Waals surface area contributed by atoms with Crippen molar-refractivity contribution in [2.75, 3.05) is 26.4 Å². The van der Waals surface area contributed by atoms with Crippen molar-refractivity contribution in [3.05, 3.63) is 29.8 Å². The van der Waals surface area contributed by atoms with Gasteiger partial charge in [0, 0.05) is 19.8 Å². The van der Waals surface area contributed by atoms with E-state index in [9.17, 15) is 14.7 Å². The van der Waals surface area contributed by atoms with Gasteiger partial charge < -0.3 is 19.9 Å². The van der Waals surface area contributed by atoms with E-state index >= 15 is 0 Å². The van der Waals surface area contributed by atoms with E-state index in [2.05, 4.69) is 19.2 Å². The van der Waals surface area contributed by atoms with Crippen molar-refractivity contribution in [3.8, 4) is 5.75 Å². The van der Waals surface area contributed by atoms with Gasteiger partial charge >= 0.3 is 5.97 Å². The van der Waals surface area contributed by atoms with E-state index < -0.39 is 11.9 Å². The summed E-state index contributed by atoms with van der Waals surface area (Å²) in [5, 5.41) is 12.1. The molecule has 0 saturated carbocycles. The topological polar surface area (TPSA) is 84.9 Å². The van der Waals surface area contributed by atoms with E-state index in [1.807, 2.05) is 18.2 Å². The number of ether oxygens (including phenoxy) is 2. The van der Waals surface area contributed by atoms with Crippen LogP contribution in [-0.2, 0) is 14.3 Å². The third kappa shape index (κ3) is 6.05. The van der Waals surface area contributed by atoms with Gasteiger partial charge in [-0.25, -0.2) is 0 Å². The third-order valence-electron chi connectivity index (χ3n) is 4.57. The second kappa shape index (κ2) is 9.42. The Morgan fingerprint density at radius 2 is 2.04 bits per heavy atom. The molecule has 25 heavy (non-hydrogen) atoms. The van der Waals surface area contributed by atoms with Gasteiger partial charge in [0.1, 0.15) is 5.75 Å². The molecular weight excluding hydrogens is 322 g/mol. The van der Waals surface area contributed by atoms with Crippen molar-refractivity contribution < 1.29 is 24.2 Å². The molecular formula is C19H27NO5. The van der Waals surface area contributed by atoms with Crippen LogP contribution in [0.15, 0.2) is 24.3 Å². The molecule has 138 valence electrons. The Bertz CT molecular complexity index is 581. The first-order chi connectivity index (χ1) is 12.0. The molecule has 1 aromatic carbocycles. The SMILES string of the molecule is CC(C)c1cccc(OCC(=O)NCC(C(=O)O)C2CCOCC2)c1. The Labute approximate surface area is 148 Å². The fraction of sp³-hybridized carbons (Fsp3) is 0.579.